The quantitative estimate of drug-likeness (QED) is 0.614. The SMILES string of the molecule is CN=C(NCCN1CCOCC1)NCC(C)c1ccccc1. The molecule has 5 nitrogen and oxygen atoms in total. The molecule has 0 radical (unpaired) electrons. The van der Waals surface area contributed by atoms with Crippen molar-refractivity contribution in [2.45, 2.75) is 12.8 Å². The minimum Gasteiger partial charge on any atom is -0.379 e. The van der Waals surface area contributed by atoms with Gasteiger partial charge in [0.15, 0.2) is 5.96 Å². The van der Waals surface area contributed by atoms with E-state index >= 15 is 0 Å². The average molecular weight is 304 g/mol. The summed E-state index contributed by atoms with van der Waals surface area (Å²) >= 11 is 0. The molecule has 1 atom stereocenters. The number of aliphatic imine (C=N–C) groups is 1. The number of rotatable bonds is 6. The molecule has 0 bridgehead atoms. The molecule has 0 amide bonds. The maximum Gasteiger partial charge on any atom is 0.191 e. The highest BCUT2D eigenvalue weighted by Gasteiger charge is 2.10. The Morgan fingerprint density at radius 3 is 2.64 bits per heavy atom. The highest BCUT2D eigenvalue weighted by atomic mass is 16.5. The van der Waals surface area contributed by atoms with Gasteiger partial charge in [0.2, 0.25) is 0 Å². The van der Waals surface area contributed by atoms with Gasteiger partial charge in [-0.1, -0.05) is 37.3 Å². The summed E-state index contributed by atoms with van der Waals surface area (Å²) in [6.45, 7) is 8.78. The minimum atomic E-state index is 0.457. The molecule has 1 aliphatic heterocycles. The first-order valence-corrected chi connectivity index (χ1v) is 8.09. The van der Waals surface area contributed by atoms with Crippen molar-refractivity contribution in [3.05, 3.63) is 35.9 Å². The molecule has 1 aliphatic rings. The van der Waals surface area contributed by atoms with Crippen molar-refractivity contribution < 1.29 is 4.74 Å². The van der Waals surface area contributed by atoms with Gasteiger partial charge in [-0.15, -0.1) is 0 Å². The first kappa shape index (κ1) is 16.8. The van der Waals surface area contributed by atoms with Gasteiger partial charge < -0.3 is 15.4 Å². The van der Waals surface area contributed by atoms with Gasteiger partial charge in [0.05, 0.1) is 13.2 Å². The number of ether oxygens (including phenoxy) is 1. The van der Waals surface area contributed by atoms with Crippen LogP contribution in [0.4, 0.5) is 0 Å². The lowest BCUT2D eigenvalue weighted by Crippen LogP contribution is -2.45. The van der Waals surface area contributed by atoms with Crippen LogP contribution in [0.5, 0.6) is 0 Å². The van der Waals surface area contributed by atoms with E-state index in [1.165, 1.54) is 5.56 Å². The van der Waals surface area contributed by atoms with E-state index in [4.69, 9.17) is 4.74 Å². The van der Waals surface area contributed by atoms with Crippen molar-refractivity contribution >= 4 is 5.96 Å². The first-order valence-electron chi connectivity index (χ1n) is 8.09. The second kappa shape index (κ2) is 9.43. The monoisotopic (exact) mass is 304 g/mol. The van der Waals surface area contributed by atoms with Gasteiger partial charge in [0, 0.05) is 39.8 Å². The molecule has 1 aromatic rings. The average Bonchev–Trinajstić information content (AvgIpc) is 2.59. The van der Waals surface area contributed by atoms with E-state index in [-0.39, 0.29) is 0 Å². The van der Waals surface area contributed by atoms with Crippen molar-refractivity contribution in [1.82, 2.24) is 15.5 Å². The number of nitrogens with zero attached hydrogens (tertiary/aromatic N) is 2. The Hall–Kier alpha value is -1.59. The summed E-state index contributed by atoms with van der Waals surface area (Å²) < 4.78 is 5.36. The molecule has 0 aromatic heterocycles. The second-order valence-corrected chi connectivity index (χ2v) is 5.65. The fraction of sp³-hybridized carbons (Fsp3) is 0.588. The number of hydrogen-bond acceptors (Lipinski definition) is 3. The molecule has 1 fully saturated rings. The zero-order valence-electron chi connectivity index (χ0n) is 13.7. The zero-order chi connectivity index (χ0) is 15.6. The van der Waals surface area contributed by atoms with Crippen LogP contribution in [0.1, 0.15) is 18.4 Å². The van der Waals surface area contributed by atoms with Crippen LogP contribution in [-0.4, -0.2) is 63.8 Å². The predicted octanol–water partition coefficient (Wildman–Crippen LogP) is 1.29. The van der Waals surface area contributed by atoms with Crippen LogP contribution in [0.25, 0.3) is 0 Å². The largest absolute Gasteiger partial charge is 0.379 e. The molecule has 1 saturated heterocycles. The molecule has 2 rings (SSSR count). The number of hydrogen-bond donors (Lipinski definition) is 2. The molecule has 122 valence electrons. The van der Waals surface area contributed by atoms with E-state index in [1.807, 2.05) is 7.05 Å². The van der Waals surface area contributed by atoms with Gasteiger partial charge in [0.1, 0.15) is 0 Å². The maximum atomic E-state index is 5.36. The van der Waals surface area contributed by atoms with Gasteiger partial charge in [-0.25, -0.2) is 0 Å². The van der Waals surface area contributed by atoms with Gasteiger partial charge in [-0.3, -0.25) is 9.89 Å². The van der Waals surface area contributed by atoms with Crippen LogP contribution in [0.3, 0.4) is 0 Å². The van der Waals surface area contributed by atoms with Gasteiger partial charge in [-0.05, 0) is 11.5 Å². The van der Waals surface area contributed by atoms with Crippen molar-refractivity contribution in [1.29, 1.82) is 0 Å². The zero-order valence-corrected chi connectivity index (χ0v) is 13.7. The summed E-state index contributed by atoms with van der Waals surface area (Å²) in [6, 6.07) is 10.6. The van der Waals surface area contributed by atoms with Gasteiger partial charge in [-0.2, -0.15) is 0 Å². The van der Waals surface area contributed by atoms with E-state index < -0.39 is 0 Å². The fourth-order valence-corrected chi connectivity index (χ4v) is 2.53. The summed E-state index contributed by atoms with van der Waals surface area (Å²) in [5.41, 5.74) is 1.35. The summed E-state index contributed by atoms with van der Waals surface area (Å²) in [5.74, 6) is 1.33. The Morgan fingerprint density at radius 1 is 1.23 bits per heavy atom. The van der Waals surface area contributed by atoms with Crippen molar-refractivity contribution in [3.63, 3.8) is 0 Å². The smallest absolute Gasteiger partial charge is 0.191 e. The van der Waals surface area contributed by atoms with Crippen LogP contribution in [0, 0.1) is 0 Å². The molecule has 2 N–H and O–H groups in total. The molecule has 22 heavy (non-hydrogen) atoms. The molecule has 1 unspecified atom stereocenters. The summed E-state index contributed by atoms with van der Waals surface area (Å²) in [6.07, 6.45) is 0. The Kier molecular flexibility index (Phi) is 7.19. The highest BCUT2D eigenvalue weighted by Crippen LogP contribution is 2.12. The van der Waals surface area contributed by atoms with Crippen molar-refractivity contribution in [2.24, 2.45) is 4.99 Å². The molecule has 0 aliphatic carbocycles. The van der Waals surface area contributed by atoms with E-state index in [9.17, 15) is 0 Å². The van der Waals surface area contributed by atoms with E-state index in [0.29, 0.717) is 5.92 Å². The van der Waals surface area contributed by atoms with Gasteiger partial charge >= 0.3 is 0 Å². The Bertz CT molecular complexity index is 443. The highest BCUT2D eigenvalue weighted by molar-refractivity contribution is 5.79. The minimum absolute atomic E-state index is 0.457. The van der Waals surface area contributed by atoms with Gasteiger partial charge in [0.25, 0.3) is 0 Å². The van der Waals surface area contributed by atoms with Crippen LogP contribution >= 0.6 is 0 Å². The summed E-state index contributed by atoms with van der Waals surface area (Å²) in [4.78, 5) is 6.70. The molecule has 1 heterocycles. The summed E-state index contributed by atoms with van der Waals surface area (Å²) in [7, 11) is 1.82. The number of guanidine groups is 1. The lowest BCUT2D eigenvalue weighted by Gasteiger charge is -2.26. The van der Waals surface area contributed by atoms with Crippen LogP contribution in [0.15, 0.2) is 35.3 Å². The molecule has 5 heteroatoms. The van der Waals surface area contributed by atoms with E-state index in [0.717, 1.165) is 51.9 Å². The number of morpholine rings is 1. The second-order valence-electron chi connectivity index (χ2n) is 5.65. The Morgan fingerprint density at radius 2 is 1.95 bits per heavy atom. The Labute approximate surface area is 133 Å². The lowest BCUT2D eigenvalue weighted by atomic mass is 10.0. The van der Waals surface area contributed by atoms with E-state index in [1.54, 1.807) is 0 Å². The third-order valence-electron chi connectivity index (χ3n) is 3.99. The van der Waals surface area contributed by atoms with Crippen LogP contribution in [-0.2, 0) is 4.74 Å². The number of benzene rings is 1. The third kappa shape index (κ3) is 5.66. The Balaban J connectivity index is 1.66. The fourth-order valence-electron chi connectivity index (χ4n) is 2.53. The van der Waals surface area contributed by atoms with Crippen molar-refractivity contribution in [2.75, 3.05) is 53.0 Å². The third-order valence-corrected chi connectivity index (χ3v) is 3.99. The summed E-state index contributed by atoms with van der Waals surface area (Å²) in [5, 5.41) is 6.78. The van der Waals surface area contributed by atoms with Crippen molar-refractivity contribution in [3.8, 4) is 0 Å². The molecule has 0 spiro atoms. The standard InChI is InChI=1S/C17H28N4O/c1-15(16-6-4-3-5-7-16)14-20-17(18-2)19-8-9-21-10-12-22-13-11-21/h3-7,15H,8-14H2,1-2H3,(H2,18,19,20). The first-order chi connectivity index (χ1) is 10.8. The normalized spacial score (nSPS) is 18.0. The molecule has 1 aromatic carbocycles. The molecule has 0 saturated carbocycles. The van der Waals surface area contributed by atoms with Crippen LogP contribution < -0.4 is 10.6 Å². The number of nitrogens with one attached hydrogen (secondary N) is 2. The van der Waals surface area contributed by atoms with Crippen LogP contribution in [0.2, 0.25) is 0 Å². The predicted molar refractivity (Wildman–Crippen MR) is 91.5 cm³/mol. The lowest BCUT2D eigenvalue weighted by molar-refractivity contribution is 0.0389. The topological polar surface area (TPSA) is 48.9 Å². The van der Waals surface area contributed by atoms with E-state index in [2.05, 4.69) is 57.8 Å². The molecular weight excluding hydrogens is 276 g/mol. The maximum absolute atomic E-state index is 5.36. The molecular formula is C17H28N4O.